The lowest BCUT2D eigenvalue weighted by molar-refractivity contribution is -0.120. The summed E-state index contributed by atoms with van der Waals surface area (Å²) in [5.74, 6) is -0.570. The second kappa shape index (κ2) is 3.33. The maximum atomic E-state index is 10.9. The molecule has 0 spiro atoms. The largest absolute Gasteiger partial charge is 0.326 e. The van der Waals surface area contributed by atoms with Crippen LogP contribution in [0.15, 0.2) is 0 Å². The highest BCUT2D eigenvalue weighted by Gasteiger charge is 2.29. The molecule has 0 aromatic carbocycles. The number of carbonyl (C=O) groups excluding carboxylic acids is 2. The second-order valence-corrected chi connectivity index (χ2v) is 5.19. The number of carbonyl (C=O) groups is 2. The van der Waals surface area contributed by atoms with Crippen LogP contribution in [0.5, 0.6) is 0 Å². The Hall–Kier alpha value is -1.11. The Balaban J connectivity index is 2.47. The minimum atomic E-state index is -3.08. The Morgan fingerprint density at radius 2 is 2.00 bits per heavy atom. The van der Waals surface area contributed by atoms with E-state index in [4.69, 9.17) is 0 Å². The first-order chi connectivity index (χ1) is 5.88. The number of amides is 3. The molecule has 74 valence electrons. The van der Waals surface area contributed by atoms with E-state index >= 15 is 0 Å². The van der Waals surface area contributed by atoms with E-state index in [2.05, 4.69) is 5.32 Å². The summed E-state index contributed by atoms with van der Waals surface area (Å²) in [6, 6.07) is -1.27. The Labute approximate surface area is 75.6 Å². The second-order valence-electron chi connectivity index (χ2n) is 2.93. The normalized spacial score (nSPS) is 22.7. The Morgan fingerprint density at radius 1 is 1.38 bits per heavy atom. The third kappa shape index (κ3) is 3.02. The molecule has 0 radical (unpaired) electrons. The summed E-state index contributed by atoms with van der Waals surface area (Å²) < 4.78 is 21.5. The average Bonchev–Trinajstić information content (AvgIpc) is 2.24. The summed E-state index contributed by atoms with van der Waals surface area (Å²) in [6.07, 6.45) is 1.21. The van der Waals surface area contributed by atoms with Gasteiger partial charge in [0.1, 0.15) is 15.9 Å². The van der Waals surface area contributed by atoms with Gasteiger partial charge in [-0.05, 0) is 6.42 Å². The molecule has 0 saturated carbocycles. The minimum absolute atomic E-state index is 0.106. The van der Waals surface area contributed by atoms with Crippen LogP contribution in [-0.4, -0.2) is 38.4 Å². The van der Waals surface area contributed by atoms with Crippen molar-refractivity contribution in [3.63, 3.8) is 0 Å². The molecule has 2 N–H and O–H groups in total. The predicted octanol–water partition coefficient (Wildman–Crippen LogP) is -1.37. The van der Waals surface area contributed by atoms with Crippen LogP contribution < -0.4 is 10.6 Å². The van der Waals surface area contributed by atoms with Gasteiger partial charge in [0.05, 0.1) is 5.75 Å². The monoisotopic (exact) mass is 206 g/mol. The van der Waals surface area contributed by atoms with E-state index in [1.807, 2.05) is 5.32 Å². The van der Waals surface area contributed by atoms with Crippen LogP contribution in [-0.2, 0) is 14.6 Å². The summed E-state index contributed by atoms with van der Waals surface area (Å²) in [7, 11) is -3.08. The molecule has 1 unspecified atom stereocenters. The molecule has 1 heterocycles. The first-order valence-corrected chi connectivity index (χ1v) is 5.73. The summed E-state index contributed by atoms with van der Waals surface area (Å²) in [4.78, 5) is 21.5. The predicted molar refractivity (Wildman–Crippen MR) is 44.8 cm³/mol. The number of rotatable bonds is 3. The van der Waals surface area contributed by atoms with Crippen molar-refractivity contribution in [3.8, 4) is 0 Å². The van der Waals surface area contributed by atoms with Crippen molar-refractivity contribution in [1.29, 1.82) is 0 Å². The van der Waals surface area contributed by atoms with Gasteiger partial charge in [0.15, 0.2) is 0 Å². The van der Waals surface area contributed by atoms with E-state index in [9.17, 15) is 18.0 Å². The fraction of sp³-hybridized carbons (Fsp3) is 0.667. The molecular weight excluding hydrogens is 196 g/mol. The quantitative estimate of drug-likeness (QED) is 0.557. The zero-order valence-corrected chi connectivity index (χ0v) is 7.85. The van der Waals surface area contributed by atoms with Gasteiger partial charge in [-0.25, -0.2) is 13.2 Å². The Kier molecular flexibility index (Phi) is 2.55. The van der Waals surface area contributed by atoms with E-state index in [-0.39, 0.29) is 12.2 Å². The maximum Gasteiger partial charge on any atom is 0.322 e. The van der Waals surface area contributed by atoms with Crippen LogP contribution in [0.25, 0.3) is 0 Å². The third-order valence-corrected chi connectivity index (χ3v) is 2.61. The lowest BCUT2D eigenvalue weighted by Gasteiger charge is -2.04. The standard InChI is InChI=1S/C6H10N2O4S/c1-13(11,12)3-2-4-5(9)8-6(10)7-4/h4H,2-3H2,1H3,(H2,7,8,9,10). The zero-order valence-electron chi connectivity index (χ0n) is 7.03. The summed E-state index contributed by atoms with van der Waals surface area (Å²) in [5.41, 5.74) is 0. The molecule has 1 aliphatic heterocycles. The van der Waals surface area contributed by atoms with E-state index in [1.54, 1.807) is 0 Å². The van der Waals surface area contributed by atoms with Gasteiger partial charge in [-0.3, -0.25) is 10.1 Å². The van der Waals surface area contributed by atoms with Crippen LogP contribution in [0, 0.1) is 0 Å². The molecule has 0 aromatic heterocycles. The average molecular weight is 206 g/mol. The maximum absolute atomic E-state index is 10.9. The number of urea groups is 1. The van der Waals surface area contributed by atoms with Crippen LogP contribution in [0.2, 0.25) is 0 Å². The van der Waals surface area contributed by atoms with E-state index < -0.39 is 27.8 Å². The van der Waals surface area contributed by atoms with E-state index in [0.717, 1.165) is 6.26 Å². The van der Waals surface area contributed by atoms with Crippen LogP contribution >= 0.6 is 0 Å². The Morgan fingerprint density at radius 3 is 2.38 bits per heavy atom. The molecule has 0 aliphatic carbocycles. The zero-order chi connectivity index (χ0) is 10.1. The van der Waals surface area contributed by atoms with Crippen molar-refractivity contribution >= 4 is 21.8 Å². The minimum Gasteiger partial charge on any atom is -0.326 e. The number of hydrogen-bond donors (Lipinski definition) is 2. The first kappa shape index (κ1) is 9.97. The van der Waals surface area contributed by atoms with Gasteiger partial charge >= 0.3 is 6.03 Å². The fourth-order valence-electron chi connectivity index (χ4n) is 0.994. The highest BCUT2D eigenvalue weighted by atomic mass is 32.2. The van der Waals surface area contributed by atoms with Gasteiger partial charge in [0, 0.05) is 6.26 Å². The van der Waals surface area contributed by atoms with Crippen molar-refractivity contribution < 1.29 is 18.0 Å². The summed E-state index contributed by atoms with van der Waals surface area (Å²) in [5, 5.41) is 4.33. The molecule has 1 fully saturated rings. The molecule has 13 heavy (non-hydrogen) atoms. The highest BCUT2D eigenvalue weighted by Crippen LogP contribution is 2.00. The van der Waals surface area contributed by atoms with Crippen molar-refractivity contribution in [2.75, 3.05) is 12.0 Å². The first-order valence-electron chi connectivity index (χ1n) is 3.67. The van der Waals surface area contributed by atoms with Crippen LogP contribution in [0.4, 0.5) is 4.79 Å². The van der Waals surface area contributed by atoms with Crippen molar-refractivity contribution in [1.82, 2.24) is 10.6 Å². The van der Waals surface area contributed by atoms with Crippen LogP contribution in [0.3, 0.4) is 0 Å². The van der Waals surface area contributed by atoms with Gasteiger partial charge < -0.3 is 5.32 Å². The highest BCUT2D eigenvalue weighted by molar-refractivity contribution is 7.90. The molecule has 1 atom stereocenters. The van der Waals surface area contributed by atoms with Gasteiger partial charge in [0.25, 0.3) is 5.91 Å². The van der Waals surface area contributed by atoms with E-state index in [1.165, 1.54) is 0 Å². The van der Waals surface area contributed by atoms with Gasteiger partial charge in [0.2, 0.25) is 0 Å². The SMILES string of the molecule is CS(=O)(=O)CCC1NC(=O)NC1=O. The number of nitrogens with one attached hydrogen (secondary N) is 2. The fourth-order valence-corrected chi connectivity index (χ4v) is 1.66. The van der Waals surface area contributed by atoms with Crippen LogP contribution in [0.1, 0.15) is 6.42 Å². The van der Waals surface area contributed by atoms with Gasteiger partial charge in [-0.1, -0.05) is 0 Å². The molecule has 3 amide bonds. The molecule has 1 saturated heterocycles. The molecule has 1 rings (SSSR count). The topological polar surface area (TPSA) is 92.3 Å². The molecule has 0 bridgehead atoms. The van der Waals surface area contributed by atoms with Crippen molar-refractivity contribution in [2.24, 2.45) is 0 Å². The number of sulfone groups is 1. The Bertz CT molecular complexity index is 335. The number of imide groups is 1. The molecule has 0 aromatic rings. The van der Waals surface area contributed by atoms with Crippen molar-refractivity contribution in [2.45, 2.75) is 12.5 Å². The summed E-state index contributed by atoms with van der Waals surface area (Å²) >= 11 is 0. The lowest BCUT2D eigenvalue weighted by atomic mass is 10.2. The lowest BCUT2D eigenvalue weighted by Crippen LogP contribution is -2.30. The third-order valence-electron chi connectivity index (χ3n) is 1.64. The van der Waals surface area contributed by atoms with Gasteiger partial charge in [-0.15, -0.1) is 0 Å². The molecule has 6 nitrogen and oxygen atoms in total. The summed E-state index contributed by atoms with van der Waals surface area (Å²) in [6.45, 7) is 0. The van der Waals surface area contributed by atoms with E-state index in [0.29, 0.717) is 0 Å². The molecule has 7 heteroatoms. The van der Waals surface area contributed by atoms with Gasteiger partial charge in [-0.2, -0.15) is 0 Å². The van der Waals surface area contributed by atoms with Crippen molar-refractivity contribution in [3.05, 3.63) is 0 Å². The molecular formula is C6H10N2O4S. The number of hydrogen-bond acceptors (Lipinski definition) is 4. The smallest absolute Gasteiger partial charge is 0.322 e. The molecule has 1 aliphatic rings.